The molecule has 0 bridgehead atoms. The van der Waals surface area contributed by atoms with Gasteiger partial charge in [-0.3, -0.25) is 0 Å². The standard InChI is InChI=1S/C15H20N6/c16-7-10(8-17)13-9-20-15-12(3-6-19-15)14(13)21-11-1-4-18-5-2-11/h3,6-9,11,16,18H,1-2,4-5,17H2,(H2,19,20,21)/b10-8+,16-7?. The zero-order valence-electron chi connectivity index (χ0n) is 11.8. The number of H-pyrrole nitrogens is 1. The second kappa shape index (κ2) is 5.97. The number of rotatable bonds is 4. The van der Waals surface area contributed by atoms with Gasteiger partial charge in [-0.25, -0.2) is 4.98 Å². The second-order valence-corrected chi connectivity index (χ2v) is 5.22. The van der Waals surface area contributed by atoms with Gasteiger partial charge < -0.3 is 26.8 Å². The van der Waals surface area contributed by atoms with Crippen molar-refractivity contribution in [3.63, 3.8) is 0 Å². The molecule has 2 aromatic rings. The molecule has 0 amide bonds. The summed E-state index contributed by atoms with van der Waals surface area (Å²) in [5.41, 5.74) is 9.04. The van der Waals surface area contributed by atoms with Gasteiger partial charge in [0.1, 0.15) is 5.65 Å². The van der Waals surface area contributed by atoms with Gasteiger partial charge in [-0.05, 0) is 32.0 Å². The van der Waals surface area contributed by atoms with E-state index in [4.69, 9.17) is 11.1 Å². The average Bonchev–Trinajstić information content (AvgIpc) is 3.00. The Morgan fingerprint density at radius 1 is 1.43 bits per heavy atom. The molecule has 3 rings (SSSR count). The molecule has 0 aromatic carbocycles. The Bertz CT molecular complexity index is 666. The lowest BCUT2D eigenvalue weighted by atomic mass is 10.0. The summed E-state index contributed by atoms with van der Waals surface area (Å²) >= 11 is 0. The molecule has 3 heterocycles. The van der Waals surface area contributed by atoms with Gasteiger partial charge in [-0.15, -0.1) is 0 Å². The van der Waals surface area contributed by atoms with Gasteiger partial charge in [0, 0.05) is 47.4 Å². The summed E-state index contributed by atoms with van der Waals surface area (Å²) in [5, 5.41) is 15.6. The van der Waals surface area contributed by atoms with Gasteiger partial charge in [-0.2, -0.15) is 0 Å². The van der Waals surface area contributed by atoms with E-state index in [2.05, 4.69) is 20.6 Å². The van der Waals surface area contributed by atoms with Crippen LogP contribution in [0.1, 0.15) is 18.4 Å². The van der Waals surface area contributed by atoms with Gasteiger partial charge in [0.15, 0.2) is 0 Å². The minimum atomic E-state index is 0.426. The highest BCUT2D eigenvalue weighted by Crippen LogP contribution is 2.30. The largest absolute Gasteiger partial charge is 0.404 e. The Morgan fingerprint density at radius 2 is 2.24 bits per heavy atom. The summed E-state index contributed by atoms with van der Waals surface area (Å²) in [6.45, 7) is 2.05. The smallest absolute Gasteiger partial charge is 0.139 e. The second-order valence-electron chi connectivity index (χ2n) is 5.22. The van der Waals surface area contributed by atoms with Crippen molar-refractivity contribution < 1.29 is 0 Å². The highest BCUT2D eigenvalue weighted by molar-refractivity contribution is 6.13. The number of aromatic amines is 1. The minimum absolute atomic E-state index is 0.426. The molecule has 0 atom stereocenters. The van der Waals surface area contributed by atoms with Gasteiger partial charge in [0.05, 0.1) is 5.69 Å². The topological polar surface area (TPSA) is 103 Å². The van der Waals surface area contributed by atoms with E-state index in [0.717, 1.165) is 48.2 Å². The zero-order valence-corrected chi connectivity index (χ0v) is 11.8. The van der Waals surface area contributed by atoms with Gasteiger partial charge in [0.2, 0.25) is 0 Å². The first kappa shape index (κ1) is 13.6. The van der Waals surface area contributed by atoms with Crippen molar-refractivity contribution in [3.8, 4) is 0 Å². The van der Waals surface area contributed by atoms with Crippen LogP contribution in [0, 0.1) is 5.41 Å². The molecule has 21 heavy (non-hydrogen) atoms. The zero-order chi connectivity index (χ0) is 14.7. The molecule has 0 spiro atoms. The van der Waals surface area contributed by atoms with E-state index >= 15 is 0 Å². The fourth-order valence-electron chi connectivity index (χ4n) is 2.77. The normalized spacial score (nSPS) is 17.0. The number of piperidine rings is 1. The average molecular weight is 284 g/mol. The molecule has 0 radical (unpaired) electrons. The lowest BCUT2D eigenvalue weighted by Gasteiger charge is -2.26. The minimum Gasteiger partial charge on any atom is -0.404 e. The van der Waals surface area contributed by atoms with Crippen molar-refractivity contribution in [2.24, 2.45) is 5.73 Å². The van der Waals surface area contributed by atoms with Crippen LogP contribution in [0.2, 0.25) is 0 Å². The van der Waals surface area contributed by atoms with Crippen molar-refractivity contribution in [3.05, 3.63) is 30.2 Å². The van der Waals surface area contributed by atoms with Crippen LogP contribution >= 0.6 is 0 Å². The molecule has 0 aliphatic carbocycles. The van der Waals surface area contributed by atoms with E-state index in [0.29, 0.717) is 11.6 Å². The van der Waals surface area contributed by atoms with Crippen LogP contribution in [0.15, 0.2) is 24.7 Å². The van der Waals surface area contributed by atoms with E-state index in [9.17, 15) is 0 Å². The van der Waals surface area contributed by atoms with Crippen LogP contribution in [0.3, 0.4) is 0 Å². The van der Waals surface area contributed by atoms with Crippen molar-refractivity contribution in [1.82, 2.24) is 15.3 Å². The maximum absolute atomic E-state index is 7.54. The molecule has 1 aliphatic rings. The molecule has 6 heteroatoms. The quantitative estimate of drug-likeness (QED) is 0.551. The summed E-state index contributed by atoms with van der Waals surface area (Å²) < 4.78 is 0. The molecule has 2 aromatic heterocycles. The number of allylic oxidation sites excluding steroid dienone is 1. The van der Waals surface area contributed by atoms with Crippen LogP contribution in [0.25, 0.3) is 16.6 Å². The first-order chi connectivity index (χ1) is 10.3. The molecular weight excluding hydrogens is 264 g/mol. The fourth-order valence-corrected chi connectivity index (χ4v) is 2.77. The predicted octanol–water partition coefficient (Wildman–Crippen LogP) is 1.68. The molecule has 6 nitrogen and oxygen atoms in total. The van der Waals surface area contributed by atoms with E-state index in [1.54, 1.807) is 6.20 Å². The number of fused-ring (bicyclic) bond motifs is 1. The van der Waals surface area contributed by atoms with Crippen LogP contribution in [-0.4, -0.2) is 35.3 Å². The molecule has 1 aliphatic heterocycles. The lowest BCUT2D eigenvalue weighted by Crippen LogP contribution is -2.35. The molecule has 0 unspecified atom stereocenters. The number of hydrogen-bond donors (Lipinski definition) is 5. The maximum Gasteiger partial charge on any atom is 0.139 e. The molecule has 0 saturated carbocycles. The Hall–Kier alpha value is -2.34. The van der Waals surface area contributed by atoms with Crippen molar-refractivity contribution in [1.29, 1.82) is 5.41 Å². The Balaban J connectivity index is 2.05. The summed E-state index contributed by atoms with van der Waals surface area (Å²) in [4.78, 5) is 7.53. The van der Waals surface area contributed by atoms with E-state index in [1.165, 1.54) is 12.4 Å². The maximum atomic E-state index is 7.54. The van der Waals surface area contributed by atoms with E-state index < -0.39 is 0 Å². The number of pyridine rings is 1. The molecule has 6 N–H and O–H groups in total. The van der Waals surface area contributed by atoms with Gasteiger partial charge in [-0.1, -0.05) is 0 Å². The summed E-state index contributed by atoms with van der Waals surface area (Å²) in [6, 6.07) is 2.43. The van der Waals surface area contributed by atoms with Crippen molar-refractivity contribution in [2.75, 3.05) is 18.4 Å². The predicted molar refractivity (Wildman–Crippen MR) is 86.6 cm³/mol. The third-order valence-corrected chi connectivity index (χ3v) is 3.92. The number of aromatic nitrogens is 2. The van der Waals surface area contributed by atoms with Crippen LogP contribution < -0.4 is 16.4 Å². The van der Waals surface area contributed by atoms with Crippen LogP contribution in [0.4, 0.5) is 5.69 Å². The summed E-state index contributed by atoms with van der Waals surface area (Å²) in [5.74, 6) is 0. The van der Waals surface area contributed by atoms with Crippen LogP contribution in [-0.2, 0) is 0 Å². The lowest BCUT2D eigenvalue weighted by molar-refractivity contribution is 0.479. The number of nitrogens with two attached hydrogens (primary N) is 1. The molecule has 1 saturated heterocycles. The van der Waals surface area contributed by atoms with E-state index in [1.807, 2.05) is 12.3 Å². The number of nitrogens with zero attached hydrogens (tertiary/aromatic N) is 1. The third kappa shape index (κ3) is 2.62. The Morgan fingerprint density at radius 3 is 2.95 bits per heavy atom. The first-order valence-electron chi connectivity index (χ1n) is 7.19. The number of nitrogens with one attached hydrogen (secondary N) is 4. The van der Waals surface area contributed by atoms with E-state index in [-0.39, 0.29) is 0 Å². The van der Waals surface area contributed by atoms with Gasteiger partial charge in [0.25, 0.3) is 0 Å². The summed E-state index contributed by atoms with van der Waals surface area (Å²) in [6.07, 6.45) is 8.54. The number of anilines is 1. The highest BCUT2D eigenvalue weighted by Gasteiger charge is 2.18. The SMILES string of the molecule is N=C/C(=C\N)c1cnc2[nH]ccc2c1NC1CCNCC1. The monoisotopic (exact) mass is 284 g/mol. The Labute approximate surface area is 123 Å². The highest BCUT2D eigenvalue weighted by atomic mass is 15.0. The van der Waals surface area contributed by atoms with Crippen molar-refractivity contribution >= 4 is 28.5 Å². The third-order valence-electron chi connectivity index (χ3n) is 3.92. The molecule has 110 valence electrons. The number of hydrogen-bond acceptors (Lipinski definition) is 5. The summed E-state index contributed by atoms with van der Waals surface area (Å²) in [7, 11) is 0. The van der Waals surface area contributed by atoms with Crippen LogP contribution in [0.5, 0.6) is 0 Å². The molecular formula is C15H20N6. The Kier molecular flexibility index (Phi) is 3.87. The molecule has 1 fully saturated rings. The first-order valence-corrected chi connectivity index (χ1v) is 7.19. The van der Waals surface area contributed by atoms with Gasteiger partial charge >= 0.3 is 0 Å². The fraction of sp³-hybridized carbons (Fsp3) is 0.333. The van der Waals surface area contributed by atoms with Crippen molar-refractivity contribution in [2.45, 2.75) is 18.9 Å².